The predicted molar refractivity (Wildman–Crippen MR) is 135 cm³/mol. The Bertz CT molecular complexity index is 1530. The zero-order chi connectivity index (χ0) is 25.2. The van der Waals surface area contributed by atoms with Crippen LogP contribution in [-0.4, -0.2) is 38.1 Å². The van der Waals surface area contributed by atoms with Gasteiger partial charge >= 0.3 is 0 Å². The number of hydrogen-bond donors (Lipinski definition) is 2. The van der Waals surface area contributed by atoms with Crippen molar-refractivity contribution in [3.05, 3.63) is 88.7 Å². The Morgan fingerprint density at radius 3 is 1.94 bits per heavy atom. The molecule has 1 aromatic heterocycles. The Morgan fingerprint density at radius 2 is 1.43 bits per heavy atom. The standard InChI is InChI=1S/C25H24N4O5S/c1-16(27-18-6-14-22(15-7-18)35(26,31)32)23-24(17-4-10-20(33-2)11-5-17)28-29(25(23)30)19-8-12-21(34-3)13-9-19/h4-15,28H,1-3H3,(H2,26,31,32). The Labute approximate surface area is 202 Å². The molecule has 0 atom stereocenters. The summed E-state index contributed by atoms with van der Waals surface area (Å²) in [6.07, 6.45) is 0. The normalized spacial score (nSPS) is 11.9. The maximum atomic E-state index is 13.6. The second kappa shape index (κ2) is 9.61. The van der Waals surface area contributed by atoms with Gasteiger partial charge in [0, 0.05) is 5.56 Å². The van der Waals surface area contributed by atoms with E-state index in [2.05, 4.69) is 10.1 Å². The van der Waals surface area contributed by atoms with Crippen molar-refractivity contribution in [3.8, 4) is 28.4 Å². The lowest BCUT2D eigenvalue weighted by atomic mass is 10.0. The van der Waals surface area contributed by atoms with Crippen molar-refractivity contribution in [2.24, 2.45) is 10.1 Å². The molecule has 3 N–H and O–H groups in total. The van der Waals surface area contributed by atoms with Crippen molar-refractivity contribution < 1.29 is 17.9 Å². The number of sulfonamides is 1. The molecule has 0 saturated carbocycles. The smallest absolute Gasteiger partial charge is 0.280 e. The number of methoxy groups -OCH3 is 2. The van der Waals surface area contributed by atoms with E-state index >= 15 is 0 Å². The van der Waals surface area contributed by atoms with E-state index < -0.39 is 10.0 Å². The molecular weight excluding hydrogens is 468 g/mol. The molecule has 35 heavy (non-hydrogen) atoms. The summed E-state index contributed by atoms with van der Waals surface area (Å²) in [5.74, 6) is 1.36. The van der Waals surface area contributed by atoms with Crippen LogP contribution in [0.25, 0.3) is 16.9 Å². The summed E-state index contributed by atoms with van der Waals surface area (Å²) < 4.78 is 35.0. The van der Waals surface area contributed by atoms with Crippen molar-refractivity contribution in [1.82, 2.24) is 9.78 Å². The maximum Gasteiger partial charge on any atom is 0.280 e. The number of hydrogen-bond acceptors (Lipinski definition) is 6. The number of H-pyrrole nitrogens is 1. The predicted octanol–water partition coefficient (Wildman–Crippen LogP) is 3.64. The summed E-state index contributed by atoms with van der Waals surface area (Å²) in [5.41, 5.74) is 2.99. The van der Waals surface area contributed by atoms with Crippen LogP contribution < -0.4 is 20.2 Å². The third-order valence-corrected chi connectivity index (χ3v) is 6.35. The SMILES string of the molecule is COc1ccc(-c2[nH]n(-c3ccc(OC)cc3)c(=O)c2C(C)=Nc2ccc(S(N)(=O)=O)cc2)cc1. The number of nitrogens with one attached hydrogen (secondary N) is 1. The van der Waals surface area contributed by atoms with E-state index in [0.29, 0.717) is 39.8 Å². The third kappa shape index (κ3) is 5.03. The topological polar surface area (TPSA) is 129 Å². The number of nitrogens with two attached hydrogens (primary N) is 1. The van der Waals surface area contributed by atoms with Crippen LogP contribution >= 0.6 is 0 Å². The molecule has 0 saturated heterocycles. The summed E-state index contributed by atoms with van der Waals surface area (Å²) in [6.45, 7) is 1.73. The molecule has 0 radical (unpaired) electrons. The highest BCUT2D eigenvalue weighted by Crippen LogP contribution is 2.26. The fourth-order valence-electron chi connectivity index (χ4n) is 3.61. The highest BCUT2D eigenvalue weighted by Gasteiger charge is 2.20. The number of ether oxygens (including phenoxy) is 2. The van der Waals surface area contributed by atoms with Crippen LogP contribution in [0.15, 0.2) is 87.5 Å². The highest BCUT2D eigenvalue weighted by molar-refractivity contribution is 7.89. The molecule has 4 aromatic rings. The van der Waals surface area contributed by atoms with E-state index in [-0.39, 0.29) is 10.5 Å². The molecule has 180 valence electrons. The minimum absolute atomic E-state index is 0.0171. The number of benzene rings is 3. The Hall–Kier alpha value is -4.15. The minimum Gasteiger partial charge on any atom is -0.497 e. The van der Waals surface area contributed by atoms with Gasteiger partial charge in [0.1, 0.15) is 11.5 Å². The second-order valence-electron chi connectivity index (χ2n) is 7.67. The molecule has 1 heterocycles. The van der Waals surface area contributed by atoms with Crippen molar-refractivity contribution in [3.63, 3.8) is 0 Å². The zero-order valence-electron chi connectivity index (χ0n) is 19.3. The van der Waals surface area contributed by atoms with Gasteiger partial charge in [-0.3, -0.25) is 14.9 Å². The zero-order valence-corrected chi connectivity index (χ0v) is 20.2. The van der Waals surface area contributed by atoms with Crippen molar-refractivity contribution in [2.45, 2.75) is 11.8 Å². The molecule has 9 nitrogen and oxygen atoms in total. The number of aromatic nitrogens is 2. The van der Waals surface area contributed by atoms with Crippen LogP contribution in [0.5, 0.6) is 11.5 Å². The lowest BCUT2D eigenvalue weighted by Gasteiger charge is -2.05. The molecule has 0 spiro atoms. The van der Waals surface area contributed by atoms with E-state index in [1.165, 1.54) is 28.9 Å². The summed E-state index contributed by atoms with van der Waals surface area (Å²) in [4.78, 5) is 18.1. The van der Waals surface area contributed by atoms with E-state index in [0.717, 1.165) is 5.56 Å². The molecule has 0 aliphatic heterocycles. The fraction of sp³-hybridized carbons (Fsp3) is 0.120. The minimum atomic E-state index is -3.81. The van der Waals surface area contributed by atoms with Gasteiger partial charge in [-0.05, 0) is 79.7 Å². The average Bonchev–Trinajstić information content (AvgIpc) is 3.21. The first-order valence-corrected chi connectivity index (χ1v) is 12.1. The molecule has 3 aromatic carbocycles. The first-order chi connectivity index (χ1) is 16.7. The van der Waals surface area contributed by atoms with Gasteiger partial charge in [-0.25, -0.2) is 18.2 Å². The molecular formula is C25H24N4O5S. The Kier molecular flexibility index (Phi) is 6.59. The molecule has 10 heteroatoms. The van der Waals surface area contributed by atoms with Gasteiger partial charge in [0.05, 0.1) is 47.5 Å². The fourth-order valence-corrected chi connectivity index (χ4v) is 4.13. The van der Waals surface area contributed by atoms with Gasteiger partial charge < -0.3 is 9.47 Å². The third-order valence-electron chi connectivity index (χ3n) is 5.42. The monoisotopic (exact) mass is 492 g/mol. The number of aromatic amines is 1. The first kappa shape index (κ1) is 24.0. The lowest BCUT2D eigenvalue weighted by molar-refractivity contribution is 0.414. The largest absolute Gasteiger partial charge is 0.497 e. The first-order valence-electron chi connectivity index (χ1n) is 10.5. The van der Waals surface area contributed by atoms with E-state index in [1.54, 1.807) is 57.5 Å². The van der Waals surface area contributed by atoms with Gasteiger partial charge in [0.25, 0.3) is 5.56 Å². The molecule has 0 aliphatic carbocycles. The number of primary sulfonamides is 1. The van der Waals surface area contributed by atoms with Crippen LogP contribution in [0.2, 0.25) is 0 Å². The quantitative estimate of drug-likeness (QED) is 0.381. The molecule has 0 amide bonds. The van der Waals surface area contributed by atoms with E-state index in [1.807, 2.05) is 12.1 Å². The lowest BCUT2D eigenvalue weighted by Crippen LogP contribution is -2.19. The summed E-state index contributed by atoms with van der Waals surface area (Å²) in [5, 5.41) is 8.37. The Morgan fingerprint density at radius 1 is 0.886 bits per heavy atom. The van der Waals surface area contributed by atoms with E-state index in [9.17, 15) is 13.2 Å². The second-order valence-corrected chi connectivity index (χ2v) is 9.23. The summed E-state index contributed by atoms with van der Waals surface area (Å²) >= 11 is 0. The molecule has 0 aliphatic rings. The number of aliphatic imine (C=N–C) groups is 1. The highest BCUT2D eigenvalue weighted by atomic mass is 32.2. The van der Waals surface area contributed by atoms with Crippen molar-refractivity contribution in [2.75, 3.05) is 14.2 Å². The molecule has 0 fully saturated rings. The summed E-state index contributed by atoms with van der Waals surface area (Å²) in [7, 11) is -0.656. The van der Waals surface area contributed by atoms with Crippen LogP contribution in [0.1, 0.15) is 12.5 Å². The van der Waals surface area contributed by atoms with Gasteiger partial charge in [-0.1, -0.05) is 0 Å². The summed E-state index contributed by atoms with van der Waals surface area (Å²) in [6, 6.07) is 20.2. The van der Waals surface area contributed by atoms with Crippen LogP contribution in [0.4, 0.5) is 5.69 Å². The van der Waals surface area contributed by atoms with Gasteiger partial charge in [-0.2, -0.15) is 0 Å². The van der Waals surface area contributed by atoms with Gasteiger partial charge in [0.15, 0.2) is 0 Å². The number of nitrogens with zero attached hydrogens (tertiary/aromatic N) is 2. The average molecular weight is 493 g/mol. The van der Waals surface area contributed by atoms with Gasteiger partial charge in [0.2, 0.25) is 10.0 Å². The van der Waals surface area contributed by atoms with Gasteiger partial charge in [-0.15, -0.1) is 0 Å². The molecule has 0 bridgehead atoms. The molecule has 0 unspecified atom stereocenters. The molecule has 4 rings (SSSR count). The van der Waals surface area contributed by atoms with Crippen LogP contribution in [0, 0.1) is 0 Å². The Balaban J connectivity index is 1.85. The van der Waals surface area contributed by atoms with Crippen molar-refractivity contribution in [1.29, 1.82) is 0 Å². The van der Waals surface area contributed by atoms with E-state index in [4.69, 9.17) is 14.6 Å². The van der Waals surface area contributed by atoms with Crippen LogP contribution in [0.3, 0.4) is 0 Å². The van der Waals surface area contributed by atoms with Crippen molar-refractivity contribution >= 4 is 21.4 Å². The maximum absolute atomic E-state index is 13.6. The number of rotatable bonds is 7. The van der Waals surface area contributed by atoms with Crippen LogP contribution in [-0.2, 0) is 10.0 Å².